The maximum atomic E-state index is 5.61. The van der Waals surface area contributed by atoms with Crippen molar-refractivity contribution in [1.29, 1.82) is 0 Å². The Morgan fingerprint density at radius 3 is 2.38 bits per heavy atom. The van der Waals surface area contributed by atoms with Gasteiger partial charge >= 0.3 is 0 Å². The van der Waals surface area contributed by atoms with Crippen LogP contribution in [0, 0.1) is 6.92 Å². The zero-order valence-electron chi connectivity index (χ0n) is 10.7. The number of rotatable bonds is 5. The van der Waals surface area contributed by atoms with Gasteiger partial charge in [0, 0.05) is 32.4 Å². The van der Waals surface area contributed by atoms with E-state index in [4.69, 9.17) is 5.73 Å². The average Bonchev–Trinajstić information content (AvgIpc) is 2.25. The van der Waals surface area contributed by atoms with E-state index >= 15 is 0 Å². The van der Waals surface area contributed by atoms with Crippen molar-refractivity contribution in [2.24, 2.45) is 5.73 Å². The minimum Gasteiger partial charge on any atom is -0.358 e. The van der Waals surface area contributed by atoms with Gasteiger partial charge in [-0.05, 0) is 32.6 Å². The number of hydrogen-bond acceptors (Lipinski definition) is 4. The van der Waals surface area contributed by atoms with Gasteiger partial charge in [-0.2, -0.15) is 0 Å². The van der Waals surface area contributed by atoms with Crippen LogP contribution in [0.1, 0.15) is 11.3 Å². The van der Waals surface area contributed by atoms with Gasteiger partial charge in [0.1, 0.15) is 5.82 Å². The molecule has 0 unspecified atom stereocenters. The smallest absolute Gasteiger partial charge is 0.128 e. The Hall–Kier alpha value is -1.13. The predicted octanol–water partition coefficient (Wildman–Crippen LogP) is 0.847. The Balaban J connectivity index is 2.69. The highest BCUT2D eigenvalue weighted by Gasteiger charge is 2.05. The lowest BCUT2D eigenvalue weighted by atomic mass is 10.2. The summed E-state index contributed by atoms with van der Waals surface area (Å²) in [5, 5.41) is 0. The number of likely N-dealkylation sites (N-methyl/N-ethyl adjacent to an activating group) is 2. The molecular weight excluding hydrogens is 200 g/mol. The lowest BCUT2D eigenvalue weighted by Gasteiger charge is -2.21. The lowest BCUT2D eigenvalue weighted by Crippen LogP contribution is -2.29. The van der Waals surface area contributed by atoms with Crippen LogP contribution in [-0.2, 0) is 6.54 Å². The number of hydrogen-bond donors (Lipinski definition) is 1. The summed E-state index contributed by atoms with van der Waals surface area (Å²) in [6.07, 6.45) is 0. The first-order valence-corrected chi connectivity index (χ1v) is 5.57. The Bertz CT molecular complexity index is 336. The fraction of sp³-hybridized carbons (Fsp3) is 0.583. The summed E-state index contributed by atoms with van der Waals surface area (Å²) in [6.45, 7) is 4.56. The zero-order chi connectivity index (χ0) is 12.1. The maximum absolute atomic E-state index is 5.61. The molecule has 1 heterocycles. The Labute approximate surface area is 98.1 Å². The molecule has 0 atom stereocenters. The van der Waals surface area contributed by atoms with Crippen LogP contribution in [0.25, 0.3) is 0 Å². The molecule has 1 rings (SSSR count). The summed E-state index contributed by atoms with van der Waals surface area (Å²) in [5.74, 6) is 1.01. The van der Waals surface area contributed by atoms with E-state index in [0.717, 1.165) is 30.2 Å². The second-order valence-electron chi connectivity index (χ2n) is 4.34. The quantitative estimate of drug-likeness (QED) is 0.802. The highest BCUT2D eigenvalue weighted by Crippen LogP contribution is 2.12. The largest absolute Gasteiger partial charge is 0.358 e. The molecule has 4 heteroatoms. The number of nitrogens with two attached hydrogens (primary N) is 1. The molecule has 4 nitrogen and oxygen atoms in total. The van der Waals surface area contributed by atoms with E-state index in [1.165, 1.54) is 0 Å². The van der Waals surface area contributed by atoms with Crippen LogP contribution in [0.3, 0.4) is 0 Å². The second kappa shape index (κ2) is 5.82. The standard InChI is InChI=1S/C12H22N4/c1-10-11(9-13)5-6-12(14-10)16(4)8-7-15(2)3/h5-6H,7-9,13H2,1-4H3. The third-order valence-corrected chi connectivity index (χ3v) is 2.67. The highest BCUT2D eigenvalue weighted by atomic mass is 15.2. The minimum absolute atomic E-state index is 0.556. The minimum atomic E-state index is 0.556. The molecule has 0 aliphatic heterocycles. The first-order valence-electron chi connectivity index (χ1n) is 5.57. The van der Waals surface area contributed by atoms with Gasteiger partial charge in [0.05, 0.1) is 0 Å². The van der Waals surface area contributed by atoms with Crippen LogP contribution >= 0.6 is 0 Å². The predicted molar refractivity (Wildman–Crippen MR) is 68.7 cm³/mol. The molecule has 0 aliphatic carbocycles. The number of pyridine rings is 1. The molecule has 0 aromatic carbocycles. The molecule has 1 aromatic heterocycles. The molecule has 0 fully saturated rings. The van der Waals surface area contributed by atoms with Gasteiger partial charge in [-0.1, -0.05) is 6.07 Å². The SMILES string of the molecule is Cc1nc(N(C)CCN(C)C)ccc1CN. The van der Waals surface area contributed by atoms with Crippen molar-refractivity contribution < 1.29 is 0 Å². The molecule has 0 amide bonds. The van der Waals surface area contributed by atoms with Gasteiger partial charge in [-0.25, -0.2) is 4.98 Å². The average molecular weight is 222 g/mol. The highest BCUT2D eigenvalue weighted by molar-refractivity contribution is 5.40. The van der Waals surface area contributed by atoms with Crippen molar-refractivity contribution in [2.45, 2.75) is 13.5 Å². The van der Waals surface area contributed by atoms with E-state index < -0.39 is 0 Å². The molecule has 0 spiro atoms. The van der Waals surface area contributed by atoms with Crippen molar-refractivity contribution in [3.63, 3.8) is 0 Å². The maximum Gasteiger partial charge on any atom is 0.128 e. The Kier molecular flexibility index (Phi) is 4.71. The van der Waals surface area contributed by atoms with Crippen LogP contribution in [-0.4, -0.2) is 44.1 Å². The van der Waals surface area contributed by atoms with Crippen molar-refractivity contribution >= 4 is 5.82 Å². The van der Waals surface area contributed by atoms with Gasteiger partial charge in [-0.3, -0.25) is 0 Å². The first-order chi connectivity index (χ1) is 7.54. The van der Waals surface area contributed by atoms with Crippen LogP contribution in [0.4, 0.5) is 5.82 Å². The number of aromatic nitrogens is 1. The van der Waals surface area contributed by atoms with Crippen molar-refractivity contribution in [1.82, 2.24) is 9.88 Å². The first kappa shape index (κ1) is 12.9. The van der Waals surface area contributed by atoms with Crippen LogP contribution in [0.5, 0.6) is 0 Å². The van der Waals surface area contributed by atoms with Crippen LogP contribution < -0.4 is 10.6 Å². The normalized spacial score (nSPS) is 10.9. The third-order valence-electron chi connectivity index (χ3n) is 2.67. The van der Waals surface area contributed by atoms with E-state index in [0.29, 0.717) is 6.54 Å². The topological polar surface area (TPSA) is 45.4 Å². The fourth-order valence-corrected chi connectivity index (χ4v) is 1.47. The lowest BCUT2D eigenvalue weighted by molar-refractivity contribution is 0.416. The number of aryl methyl sites for hydroxylation is 1. The Morgan fingerprint density at radius 2 is 1.88 bits per heavy atom. The van der Waals surface area contributed by atoms with E-state index in [1.807, 2.05) is 13.0 Å². The Morgan fingerprint density at radius 1 is 1.19 bits per heavy atom. The molecule has 0 radical (unpaired) electrons. The van der Waals surface area contributed by atoms with Crippen LogP contribution in [0.2, 0.25) is 0 Å². The molecule has 0 aliphatic rings. The van der Waals surface area contributed by atoms with Gasteiger partial charge < -0.3 is 15.5 Å². The number of anilines is 1. The monoisotopic (exact) mass is 222 g/mol. The van der Waals surface area contributed by atoms with E-state index in [2.05, 4.69) is 42.0 Å². The summed E-state index contributed by atoms with van der Waals surface area (Å²) < 4.78 is 0. The summed E-state index contributed by atoms with van der Waals surface area (Å²) >= 11 is 0. The fourth-order valence-electron chi connectivity index (χ4n) is 1.47. The molecule has 90 valence electrons. The van der Waals surface area contributed by atoms with E-state index in [1.54, 1.807) is 0 Å². The summed E-state index contributed by atoms with van der Waals surface area (Å²) in [6, 6.07) is 4.09. The van der Waals surface area contributed by atoms with Crippen molar-refractivity contribution in [3.05, 3.63) is 23.4 Å². The molecular formula is C12H22N4. The number of nitrogens with zero attached hydrogens (tertiary/aromatic N) is 3. The molecule has 0 saturated heterocycles. The van der Waals surface area contributed by atoms with Crippen molar-refractivity contribution in [2.75, 3.05) is 39.1 Å². The van der Waals surface area contributed by atoms with Gasteiger partial charge in [0.2, 0.25) is 0 Å². The molecule has 16 heavy (non-hydrogen) atoms. The van der Waals surface area contributed by atoms with Gasteiger partial charge in [0.25, 0.3) is 0 Å². The summed E-state index contributed by atoms with van der Waals surface area (Å²) in [7, 11) is 6.21. The van der Waals surface area contributed by atoms with Gasteiger partial charge in [0.15, 0.2) is 0 Å². The van der Waals surface area contributed by atoms with E-state index in [9.17, 15) is 0 Å². The summed E-state index contributed by atoms with van der Waals surface area (Å²) in [4.78, 5) is 8.87. The van der Waals surface area contributed by atoms with Crippen molar-refractivity contribution in [3.8, 4) is 0 Å². The second-order valence-corrected chi connectivity index (χ2v) is 4.34. The third kappa shape index (κ3) is 3.47. The van der Waals surface area contributed by atoms with E-state index in [-0.39, 0.29) is 0 Å². The summed E-state index contributed by atoms with van der Waals surface area (Å²) in [5.41, 5.74) is 7.76. The molecule has 0 saturated carbocycles. The molecule has 1 aromatic rings. The molecule has 0 bridgehead atoms. The molecule has 2 N–H and O–H groups in total. The van der Waals surface area contributed by atoms with Crippen LogP contribution in [0.15, 0.2) is 12.1 Å². The van der Waals surface area contributed by atoms with Gasteiger partial charge in [-0.15, -0.1) is 0 Å². The zero-order valence-corrected chi connectivity index (χ0v) is 10.7.